The van der Waals surface area contributed by atoms with E-state index in [1.165, 1.54) is 18.5 Å². The predicted molar refractivity (Wildman–Crippen MR) is 151 cm³/mol. The van der Waals surface area contributed by atoms with Crippen LogP contribution in [0.2, 0.25) is 5.02 Å². The number of aromatic nitrogens is 1. The first kappa shape index (κ1) is 29.8. The third-order valence-corrected chi connectivity index (χ3v) is 7.26. The summed E-state index contributed by atoms with van der Waals surface area (Å²) >= 11 is 5.96. The van der Waals surface area contributed by atoms with Crippen molar-refractivity contribution in [1.82, 2.24) is 9.58 Å². The van der Waals surface area contributed by atoms with Crippen LogP contribution in [0.5, 0.6) is 0 Å². The number of carbonyl (C=O) groups is 1. The number of nitrogens with two attached hydrogens (primary N) is 1. The van der Waals surface area contributed by atoms with Crippen molar-refractivity contribution in [3.8, 4) is 11.1 Å². The van der Waals surface area contributed by atoms with Crippen molar-refractivity contribution in [3.05, 3.63) is 69.8 Å². The highest BCUT2D eigenvalue weighted by molar-refractivity contribution is 6.33. The molecule has 1 saturated heterocycles. The van der Waals surface area contributed by atoms with E-state index in [2.05, 4.69) is 26.0 Å². The van der Waals surface area contributed by atoms with Gasteiger partial charge in [0.05, 0.1) is 53.2 Å². The highest BCUT2D eigenvalue weighted by Gasteiger charge is 2.32. The van der Waals surface area contributed by atoms with Gasteiger partial charge in [0.2, 0.25) is 0 Å². The van der Waals surface area contributed by atoms with Crippen LogP contribution in [0.15, 0.2) is 41.4 Å². The monoisotopic (exact) mass is 609 g/mol. The van der Waals surface area contributed by atoms with Gasteiger partial charge in [-0.05, 0) is 35.9 Å². The van der Waals surface area contributed by atoms with E-state index in [0.29, 0.717) is 42.6 Å². The number of anilines is 2. The largest absolute Gasteiger partial charge is 0.416 e. The minimum Gasteiger partial charge on any atom is -0.380 e. The molecule has 0 spiro atoms. The number of halogens is 5. The number of rotatable bonds is 7. The van der Waals surface area contributed by atoms with Gasteiger partial charge in [-0.3, -0.25) is 15.0 Å². The van der Waals surface area contributed by atoms with Gasteiger partial charge in [0, 0.05) is 37.9 Å². The van der Waals surface area contributed by atoms with Crippen molar-refractivity contribution < 1.29 is 31.8 Å². The molecule has 2 aliphatic rings. The number of carbonyl (C=O) groups excluding carboxylic acids is 1. The molecule has 15 heteroatoms. The quantitative estimate of drug-likeness (QED) is 0.276. The molecule has 42 heavy (non-hydrogen) atoms. The lowest BCUT2D eigenvalue weighted by molar-refractivity contribution is -0.137. The number of morpholine rings is 1. The van der Waals surface area contributed by atoms with E-state index in [-0.39, 0.29) is 23.0 Å². The average molecular weight is 610 g/mol. The molecule has 0 bridgehead atoms. The minimum atomic E-state index is -4.63. The number of hydrogen-bond acceptors (Lipinski definition) is 7. The standard InChI is InChI=1S/C27H28ClF4N7O3/c1-41-13-17-22(12-38-6-8-42-9-7-38)39-24(25(33)34-14-35-39)23(17)15-2-5-20(19(29)10-15)36-26(40)37-21-11-16(27(30,31)32)3-4-18(21)28/h2-5,10-11,14,25H,6-9,12-13,33H2,1H3,(H,34,35)(H2,36,37,40). The van der Waals surface area contributed by atoms with Gasteiger partial charge in [-0.15, -0.1) is 0 Å². The topological polar surface area (TPSA) is 118 Å². The first-order valence-corrected chi connectivity index (χ1v) is 13.3. The van der Waals surface area contributed by atoms with Crippen molar-refractivity contribution >= 4 is 35.3 Å². The summed E-state index contributed by atoms with van der Waals surface area (Å²) in [4.78, 5) is 19.1. The normalized spacial score (nSPS) is 17.1. The molecule has 0 saturated carbocycles. The Balaban J connectivity index is 1.44. The smallest absolute Gasteiger partial charge is 0.380 e. The number of hydrogen-bond donors (Lipinski definition) is 4. The molecule has 2 aromatic carbocycles. The Bertz CT molecular complexity index is 1510. The summed E-state index contributed by atoms with van der Waals surface area (Å²) in [6, 6.07) is 5.73. The van der Waals surface area contributed by atoms with Gasteiger partial charge in [-0.1, -0.05) is 17.7 Å². The Kier molecular flexibility index (Phi) is 8.70. The van der Waals surface area contributed by atoms with Crippen LogP contribution in [0.1, 0.15) is 28.7 Å². The Morgan fingerprint density at radius 1 is 1.19 bits per heavy atom. The fraction of sp³-hybridized carbons (Fsp3) is 0.333. The van der Waals surface area contributed by atoms with E-state index >= 15 is 4.39 Å². The van der Waals surface area contributed by atoms with Gasteiger partial charge >= 0.3 is 12.2 Å². The van der Waals surface area contributed by atoms with Crippen LogP contribution in [0.3, 0.4) is 0 Å². The third kappa shape index (κ3) is 6.22. The second kappa shape index (κ2) is 12.3. The molecule has 2 amide bonds. The van der Waals surface area contributed by atoms with Gasteiger partial charge < -0.3 is 25.8 Å². The number of aliphatic imine (C=N–C) groups is 1. The number of amides is 2. The number of benzene rings is 2. The summed E-state index contributed by atoms with van der Waals surface area (Å²) in [5.41, 5.74) is 11.4. The van der Waals surface area contributed by atoms with Crippen LogP contribution in [0.25, 0.3) is 11.1 Å². The maximum Gasteiger partial charge on any atom is 0.416 e. The summed E-state index contributed by atoms with van der Waals surface area (Å²) in [7, 11) is 1.56. The predicted octanol–water partition coefficient (Wildman–Crippen LogP) is 5.13. The molecule has 3 aromatic rings. The molecular formula is C27H28ClF4N7O3. The lowest BCUT2D eigenvalue weighted by Crippen LogP contribution is -2.37. The lowest BCUT2D eigenvalue weighted by Gasteiger charge is -2.28. The van der Waals surface area contributed by atoms with Gasteiger partial charge in [-0.25, -0.2) is 14.2 Å². The summed E-state index contributed by atoms with van der Waals surface area (Å²) in [6.07, 6.45) is -3.87. The second-order valence-electron chi connectivity index (χ2n) is 9.66. The number of alkyl halides is 3. The van der Waals surface area contributed by atoms with E-state index < -0.39 is 29.8 Å². The number of methoxy groups -OCH3 is 1. The lowest BCUT2D eigenvalue weighted by atomic mass is 9.98. The van der Waals surface area contributed by atoms with Gasteiger partial charge in [0.25, 0.3) is 0 Å². The molecule has 2 aliphatic heterocycles. The van der Waals surface area contributed by atoms with Crippen LogP contribution in [-0.4, -0.2) is 55.4 Å². The number of nitrogens with one attached hydrogen (secondary N) is 3. The molecule has 5 N–H and O–H groups in total. The Labute approximate surface area is 243 Å². The van der Waals surface area contributed by atoms with Gasteiger partial charge in [0.15, 0.2) is 0 Å². The molecule has 224 valence electrons. The van der Waals surface area contributed by atoms with Crippen LogP contribution >= 0.6 is 11.6 Å². The van der Waals surface area contributed by atoms with E-state index in [1.54, 1.807) is 13.2 Å². The van der Waals surface area contributed by atoms with Crippen LogP contribution in [0, 0.1) is 5.82 Å². The fourth-order valence-corrected chi connectivity index (χ4v) is 5.13. The molecule has 0 aliphatic carbocycles. The molecule has 1 atom stereocenters. The Morgan fingerprint density at radius 2 is 1.93 bits per heavy atom. The molecule has 10 nitrogen and oxygen atoms in total. The molecular weight excluding hydrogens is 582 g/mol. The maximum atomic E-state index is 15.4. The molecule has 5 rings (SSSR count). The summed E-state index contributed by atoms with van der Waals surface area (Å²) in [6.45, 7) is 3.48. The number of urea groups is 1. The molecule has 1 fully saturated rings. The third-order valence-electron chi connectivity index (χ3n) is 6.93. The SMILES string of the molecule is COCc1c(-c2ccc(NC(=O)Nc3cc(C(F)(F)F)ccc3Cl)c(F)c2)c2n(c1CN1CCOCC1)NC=NC2N. The summed E-state index contributed by atoms with van der Waals surface area (Å²) < 4.78 is 67.5. The molecule has 1 aromatic heterocycles. The van der Waals surface area contributed by atoms with Crippen molar-refractivity contribution in [2.24, 2.45) is 10.7 Å². The average Bonchev–Trinajstić information content (AvgIpc) is 3.25. The zero-order valence-electron chi connectivity index (χ0n) is 22.4. The molecule has 1 unspecified atom stereocenters. The Morgan fingerprint density at radius 3 is 2.62 bits per heavy atom. The summed E-state index contributed by atoms with van der Waals surface area (Å²) in [5, 5.41) is 4.44. The number of ether oxygens (including phenoxy) is 2. The molecule has 3 heterocycles. The maximum absolute atomic E-state index is 15.4. The minimum absolute atomic E-state index is 0.112. The number of nitrogens with zero attached hydrogens (tertiary/aromatic N) is 3. The van der Waals surface area contributed by atoms with Crippen LogP contribution in [-0.2, 0) is 28.8 Å². The van der Waals surface area contributed by atoms with Crippen molar-refractivity contribution in [2.75, 3.05) is 49.5 Å². The van der Waals surface area contributed by atoms with Crippen molar-refractivity contribution in [2.45, 2.75) is 25.5 Å². The van der Waals surface area contributed by atoms with E-state index in [9.17, 15) is 18.0 Å². The van der Waals surface area contributed by atoms with Gasteiger partial charge in [-0.2, -0.15) is 13.2 Å². The Hall–Kier alpha value is -3.69. The second-order valence-corrected chi connectivity index (χ2v) is 10.1. The van der Waals surface area contributed by atoms with Crippen molar-refractivity contribution in [3.63, 3.8) is 0 Å². The highest BCUT2D eigenvalue weighted by Crippen LogP contribution is 2.39. The molecule has 0 radical (unpaired) electrons. The fourth-order valence-electron chi connectivity index (χ4n) is 4.97. The number of fused-ring (bicyclic) bond motifs is 1. The van der Waals surface area contributed by atoms with E-state index in [4.69, 9.17) is 26.8 Å². The first-order valence-electron chi connectivity index (χ1n) is 12.9. The van der Waals surface area contributed by atoms with Crippen LogP contribution < -0.4 is 21.8 Å². The first-order chi connectivity index (χ1) is 20.1. The zero-order valence-corrected chi connectivity index (χ0v) is 23.2. The van der Waals surface area contributed by atoms with Gasteiger partial charge in [0.1, 0.15) is 18.3 Å². The van der Waals surface area contributed by atoms with E-state index in [0.717, 1.165) is 36.5 Å². The van der Waals surface area contributed by atoms with Crippen molar-refractivity contribution in [1.29, 1.82) is 0 Å². The van der Waals surface area contributed by atoms with E-state index in [1.807, 2.05) is 4.68 Å². The summed E-state index contributed by atoms with van der Waals surface area (Å²) in [5.74, 6) is -0.781. The zero-order chi connectivity index (χ0) is 30.0. The van der Waals surface area contributed by atoms with Crippen LogP contribution in [0.4, 0.5) is 33.7 Å². The highest BCUT2D eigenvalue weighted by atomic mass is 35.5.